The van der Waals surface area contributed by atoms with E-state index in [0.717, 1.165) is 3.57 Å². The fraction of sp³-hybridized carbons (Fsp3) is 0.0714. The van der Waals surface area contributed by atoms with Crippen molar-refractivity contribution in [3.8, 4) is 11.5 Å². The van der Waals surface area contributed by atoms with Crippen molar-refractivity contribution in [1.29, 1.82) is 0 Å². The monoisotopic (exact) mass is 414 g/mol. The van der Waals surface area contributed by atoms with Crippen molar-refractivity contribution in [2.45, 2.75) is 6.92 Å². The largest absolute Gasteiger partial charge is 0.436 e. The first kappa shape index (κ1) is 14.3. The van der Waals surface area contributed by atoms with E-state index in [1.807, 2.05) is 12.1 Å². The summed E-state index contributed by atoms with van der Waals surface area (Å²) >= 11 is 8.34. The third-order valence-corrected chi connectivity index (χ3v) is 4.03. The Morgan fingerprint density at radius 1 is 1.33 bits per heavy atom. The number of fused-ring (bicyclic) bond motifs is 1. The number of benzene rings is 2. The summed E-state index contributed by atoms with van der Waals surface area (Å²) in [5.41, 5.74) is 2.31. The van der Waals surface area contributed by atoms with Crippen LogP contribution < -0.4 is 0 Å². The first-order valence-corrected chi connectivity index (χ1v) is 7.42. The lowest BCUT2D eigenvalue weighted by Crippen LogP contribution is -1.88. The summed E-state index contributed by atoms with van der Waals surface area (Å²) in [4.78, 5) is 14.8. The van der Waals surface area contributed by atoms with E-state index in [4.69, 9.17) is 16.0 Å². The van der Waals surface area contributed by atoms with E-state index in [0.29, 0.717) is 33.1 Å². The minimum absolute atomic E-state index is 0.00594. The number of nitro benzene ring substituents is 1. The van der Waals surface area contributed by atoms with Gasteiger partial charge in [-0.1, -0.05) is 11.6 Å². The number of halogens is 2. The van der Waals surface area contributed by atoms with Crippen LogP contribution in [0.25, 0.3) is 22.6 Å². The summed E-state index contributed by atoms with van der Waals surface area (Å²) in [7, 11) is 0. The Morgan fingerprint density at radius 3 is 2.81 bits per heavy atom. The third kappa shape index (κ3) is 2.60. The molecule has 0 atom stereocenters. The third-order valence-electron chi connectivity index (χ3n) is 3.03. The molecule has 0 radical (unpaired) electrons. The lowest BCUT2D eigenvalue weighted by atomic mass is 10.2. The number of oxazole rings is 1. The van der Waals surface area contributed by atoms with Gasteiger partial charge in [-0.25, -0.2) is 4.98 Å². The lowest BCUT2D eigenvalue weighted by Gasteiger charge is -1.99. The molecule has 0 aliphatic carbocycles. The van der Waals surface area contributed by atoms with Gasteiger partial charge in [0.2, 0.25) is 5.89 Å². The average Bonchev–Trinajstić information content (AvgIpc) is 2.85. The first-order valence-electron chi connectivity index (χ1n) is 5.96. The van der Waals surface area contributed by atoms with Crippen molar-refractivity contribution in [3.05, 3.63) is 54.6 Å². The van der Waals surface area contributed by atoms with Gasteiger partial charge in [-0.15, -0.1) is 0 Å². The zero-order valence-electron chi connectivity index (χ0n) is 10.8. The molecule has 0 saturated heterocycles. The number of nitro groups is 1. The zero-order valence-corrected chi connectivity index (χ0v) is 13.7. The molecule has 7 heteroatoms. The van der Waals surface area contributed by atoms with Crippen LogP contribution in [0.2, 0.25) is 5.02 Å². The summed E-state index contributed by atoms with van der Waals surface area (Å²) in [5, 5.41) is 11.4. The van der Waals surface area contributed by atoms with E-state index < -0.39 is 4.92 Å². The van der Waals surface area contributed by atoms with Crippen LogP contribution in [0.3, 0.4) is 0 Å². The summed E-state index contributed by atoms with van der Waals surface area (Å²) in [6.45, 7) is 1.75. The normalized spacial score (nSPS) is 11.0. The van der Waals surface area contributed by atoms with Crippen molar-refractivity contribution < 1.29 is 9.34 Å². The molecule has 0 unspecified atom stereocenters. The van der Waals surface area contributed by atoms with Gasteiger partial charge in [-0.2, -0.15) is 0 Å². The SMILES string of the molecule is Cc1cc([N+](=O)[O-])cc2nc(-c3cc(I)ccc3Cl)oc12. The summed E-state index contributed by atoms with van der Waals surface area (Å²) in [5.74, 6) is 0.358. The quantitative estimate of drug-likeness (QED) is 0.337. The molecule has 5 nitrogen and oxygen atoms in total. The van der Waals surface area contributed by atoms with Gasteiger partial charge in [0, 0.05) is 21.3 Å². The molecule has 0 amide bonds. The second-order valence-electron chi connectivity index (χ2n) is 4.51. The van der Waals surface area contributed by atoms with Gasteiger partial charge < -0.3 is 4.42 Å². The summed E-state index contributed by atoms with van der Waals surface area (Å²) < 4.78 is 6.73. The second-order valence-corrected chi connectivity index (χ2v) is 6.16. The highest BCUT2D eigenvalue weighted by Gasteiger charge is 2.17. The minimum atomic E-state index is -0.445. The fourth-order valence-electron chi connectivity index (χ4n) is 2.06. The second kappa shape index (κ2) is 5.27. The Labute approximate surface area is 138 Å². The number of aryl methyl sites for hydroxylation is 1. The number of non-ortho nitro benzene ring substituents is 1. The number of nitrogens with zero attached hydrogens (tertiary/aromatic N) is 2. The van der Waals surface area contributed by atoms with Crippen molar-refractivity contribution in [2.24, 2.45) is 0 Å². The van der Waals surface area contributed by atoms with Crippen molar-refractivity contribution in [2.75, 3.05) is 0 Å². The Balaban J connectivity index is 2.24. The molecule has 0 aliphatic heterocycles. The smallest absolute Gasteiger partial charge is 0.272 e. The van der Waals surface area contributed by atoms with E-state index in [1.54, 1.807) is 13.0 Å². The van der Waals surface area contributed by atoms with Crippen LogP contribution >= 0.6 is 34.2 Å². The van der Waals surface area contributed by atoms with Crippen LogP contribution in [0.1, 0.15) is 5.56 Å². The molecule has 21 heavy (non-hydrogen) atoms. The van der Waals surface area contributed by atoms with Gasteiger partial charge in [0.1, 0.15) is 5.52 Å². The standard InChI is InChI=1S/C14H8ClIN2O3/c1-7-4-9(18(19)20)6-12-13(7)21-14(17-12)10-5-8(16)2-3-11(10)15/h2-6H,1H3. The van der Waals surface area contributed by atoms with E-state index in [2.05, 4.69) is 27.6 Å². The zero-order chi connectivity index (χ0) is 15.1. The van der Waals surface area contributed by atoms with Gasteiger partial charge >= 0.3 is 0 Å². The Bertz CT molecular complexity index is 876. The van der Waals surface area contributed by atoms with Gasteiger partial charge in [-0.3, -0.25) is 10.1 Å². The maximum Gasteiger partial charge on any atom is 0.272 e. The summed E-state index contributed by atoms with van der Waals surface area (Å²) in [6, 6.07) is 8.37. The van der Waals surface area contributed by atoms with Crippen LogP contribution in [0.4, 0.5) is 5.69 Å². The Hall–Kier alpha value is -1.67. The molecule has 0 aliphatic rings. The maximum atomic E-state index is 10.9. The predicted octanol–water partition coefficient (Wildman–Crippen LogP) is 4.97. The number of hydrogen-bond acceptors (Lipinski definition) is 4. The van der Waals surface area contributed by atoms with Crippen molar-refractivity contribution in [3.63, 3.8) is 0 Å². The minimum Gasteiger partial charge on any atom is -0.436 e. The van der Waals surface area contributed by atoms with Gasteiger partial charge in [0.05, 0.1) is 15.5 Å². The van der Waals surface area contributed by atoms with Crippen molar-refractivity contribution in [1.82, 2.24) is 4.98 Å². The van der Waals surface area contributed by atoms with E-state index >= 15 is 0 Å². The fourth-order valence-corrected chi connectivity index (χ4v) is 2.75. The van der Waals surface area contributed by atoms with Gasteiger partial charge in [-0.05, 0) is 47.7 Å². The van der Waals surface area contributed by atoms with Crippen LogP contribution in [-0.4, -0.2) is 9.91 Å². The molecule has 0 N–H and O–H groups in total. The first-order chi connectivity index (χ1) is 9.95. The molecule has 0 bridgehead atoms. The predicted molar refractivity (Wildman–Crippen MR) is 88.6 cm³/mol. The molecule has 3 rings (SSSR count). The average molecular weight is 415 g/mol. The molecule has 0 spiro atoms. The number of rotatable bonds is 2. The molecule has 106 valence electrons. The maximum absolute atomic E-state index is 10.9. The van der Waals surface area contributed by atoms with Crippen LogP contribution in [0.15, 0.2) is 34.7 Å². The molecule has 0 fully saturated rings. The molecular weight excluding hydrogens is 407 g/mol. The molecule has 1 heterocycles. The van der Waals surface area contributed by atoms with Crippen LogP contribution in [0.5, 0.6) is 0 Å². The summed E-state index contributed by atoms with van der Waals surface area (Å²) in [6.07, 6.45) is 0. The highest BCUT2D eigenvalue weighted by Crippen LogP contribution is 2.33. The number of aromatic nitrogens is 1. The van der Waals surface area contributed by atoms with Gasteiger partial charge in [0.15, 0.2) is 5.58 Å². The molecule has 1 aromatic heterocycles. The Kier molecular flexibility index (Phi) is 3.58. The molecular formula is C14H8ClIN2O3. The highest BCUT2D eigenvalue weighted by atomic mass is 127. The molecule has 3 aromatic rings. The van der Waals surface area contributed by atoms with Crippen LogP contribution in [-0.2, 0) is 0 Å². The van der Waals surface area contributed by atoms with Crippen LogP contribution in [0, 0.1) is 20.6 Å². The van der Waals surface area contributed by atoms with E-state index in [1.165, 1.54) is 12.1 Å². The highest BCUT2D eigenvalue weighted by molar-refractivity contribution is 14.1. The number of hydrogen-bond donors (Lipinski definition) is 0. The topological polar surface area (TPSA) is 69.2 Å². The van der Waals surface area contributed by atoms with Crippen molar-refractivity contribution >= 4 is 51.0 Å². The Morgan fingerprint density at radius 2 is 2.10 bits per heavy atom. The molecule has 2 aromatic carbocycles. The lowest BCUT2D eigenvalue weighted by molar-refractivity contribution is -0.384. The van der Waals surface area contributed by atoms with E-state index in [-0.39, 0.29) is 5.69 Å². The van der Waals surface area contributed by atoms with Gasteiger partial charge in [0.25, 0.3) is 5.69 Å². The van der Waals surface area contributed by atoms with E-state index in [9.17, 15) is 10.1 Å². The molecule has 0 saturated carbocycles.